The van der Waals surface area contributed by atoms with E-state index in [0.29, 0.717) is 26.4 Å². The molecule has 0 saturated carbocycles. The van der Waals surface area contributed by atoms with Crippen LogP contribution in [0, 0.1) is 0 Å². The van der Waals surface area contributed by atoms with Gasteiger partial charge in [-0.2, -0.15) is 0 Å². The molecule has 306 valence electrons. The Kier molecular flexibility index (Phi) is 12.3. The van der Waals surface area contributed by atoms with Crippen LogP contribution in [0.5, 0.6) is 23.0 Å². The summed E-state index contributed by atoms with van der Waals surface area (Å²) >= 11 is 0. The van der Waals surface area contributed by atoms with Crippen LogP contribution in [0.4, 0.5) is 0 Å². The minimum Gasteiger partial charge on any atom is -0.657 e. The van der Waals surface area contributed by atoms with Crippen LogP contribution in [-0.4, -0.2) is 36.4 Å². The van der Waals surface area contributed by atoms with Crippen molar-refractivity contribution < 1.29 is 39.4 Å². The summed E-state index contributed by atoms with van der Waals surface area (Å²) in [5.74, 6) is 3.21. The Morgan fingerprint density at radius 3 is 0.738 bits per heavy atom. The second-order valence-electron chi connectivity index (χ2n) is 14.2. The average molecular weight is 895 g/mol. The third-order valence-corrected chi connectivity index (χ3v) is 10.4. The van der Waals surface area contributed by atoms with Gasteiger partial charge in [0.25, 0.3) is 0 Å². The summed E-state index contributed by atoms with van der Waals surface area (Å²) < 4.78 is 23.3. The molecule has 5 heterocycles. The first-order valence-electron chi connectivity index (χ1n) is 20.5. The van der Waals surface area contributed by atoms with Gasteiger partial charge in [-0.25, -0.2) is 9.97 Å². The quantitative estimate of drug-likeness (QED) is 0.112. The van der Waals surface area contributed by atoms with E-state index >= 15 is 0 Å². The van der Waals surface area contributed by atoms with E-state index in [0.717, 1.165) is 112 Å². The molecule has 0 atom stereocenters. The van der Waals surface area contributed by atoms with E-state index in [9.17, 15) is 0 Å². The van der Waals surface area contributed by atoms with Gasteiger partial charge >= 0.3 is 20.4 Å². The summed E-state index contributed by atoms with van der Waals surface area (Å²) in [6.45, 7) is 10.3. The number of hydrogen-bond donors (Lipinski definition) is 0. The molecule has 3 aromatic heterocycles. The largest absolute Gasteiger partial charge is 2.00 e. The van der Waals surface area contributed by atoms with Crippen molar-refractivity contribution in [3.63, 3.8) is 0 Å². The summed E-state index contributed by atoms with van der Waals surface area (Å²) in [7, 11) is 0. The van der Waals surface area contributed by atoms with E-state index in [1.165, 1.54) is 0 Å². The number of rotatable bonds is 12. The Morgan fingerprint density at radius 1 is 0.328 bits per heavy atom. The predicted molar refractivity (Wildman–Crippen MR) is 243 cm³/mol. The van der Waals surface area contributed by atoms with E-state index in [2.05, 4.69) is 97.1 Å². The molecule has 0 saturated heterocycles. The molecule has 0 unspecified atom stereocenters. The van der Waals surface area contributed by atoms with Crippen molar-refractivity contribution in [3.05, 3.63) is 144 Å². The van der Waals surface area contributed by atoms with Gasteiger partial charge in [0.15, 0.2) is 0 Å². The zero-order valence-corrected chi connectivity index (χ0v) is 36.0. The number of hydrogen-bond acceptors (Lipinski definition) is 6. The molecule has 0 aliphatic carbocycles. The maximum atomic E-state index is 5.83. The monoisotopic (exact) mass is 894 g/mol. The second kappa shape index (κ2) is 18.3. The standard InChI is InChI=1S/C52H44N4O4.Pd/c1-5-57-37-17-9-33(10-18-37)49-41-25-27-43(53-41)50(34-11-19-38(20-12-34)58-6-2)45-29-31-47(55-45)52(36-15-23-40(24-16-36)60-8-4)48-32-30-46(56-48)51(44-28-26-42(49)54-44)35-13-21-39(22-14-35)59-7-3;/h9-32H,5-8H2,1-4H3;/q-2;+2. The minimum atomic E-state index is 0. The maximum Gasteiger partial charge on any atom is 2.00 e. The van der Waals surface area contributed by atoms with Crippen molar-refractivity contribution in [3.8, 4) is 67.5 Å². The van der Waals surface area contributed by atoms with Crippen molar-refractivity contribution in [1.29, 1.82) is 0 Å². The molecule has 61 heavy (non-hydrogen) atoms. The molecule has 0 spiro atoms. The van der Waals surface area contributed by atoms with Crippen molar-refractivity contribution in [2.24, 2.45) is 0 Å². The molecule has 9 heteroatoms. The number of fused-ring (bicyclic) bond motifs is 8. The van der Waals surface area contributed by atoms with Gasteiger partial charge in [0.1, 0.15) is 23.0 Å². The van der Waals surface area contributed by atoms with Crippen molar-refractivity contribution in [2.75, 3.05) is 26.4 Å². The molecule has 0 amide bonds. The minimum absolute atomic E-state index is 0. The molecular formula is C52H44N4O4Pd. The van der Waals surface area contributed by atoms with Gasteiger partial charge in [0, 0.05) is 0 Å². The third kappa shape index (κ3) is 8.41. The van der Waals surface area contributed by atoms with Crippen LogP contribution in [0.25, 0.3) is 90.9 Å². The van der Waals surface area contributed by atoms with Crippen LogP contribution < -0.4 is 28.9 Å². The Labute approximate surface area is 369 Å². The smallest absolute Gasteiger partial charge is 0.657 e. The fourth-order valence-electron chi connectivity index (χ4n) is 7.81. The predicted octanol–water partition coefficient (Wildman–Crippen LogP) is 12.2. The van der Waals surface area contributed by atoms with Crippen LogP contribution in [0.3, 0.4) is 0 Å². The molecule has 0 fully saturated rings. The van der Waals surface area contributed by atoms with Crippen molar-refractivity contribution in [1.82, 2.24) is 19.9 Å². The van der Waals surface area contributed by atoms with Gasteiger partial charge in [-0.15, -0.1) is 22.1 Å². The number of ether oxygens (including phenoxy) is 4. The molecule has 8 bridgehead atoms. The number of aromatic nitrogens is 4. The van der Waals surface area contributed by atoms with Gasteiger partial charge in [0.05, 0.1) is 49.2 Å². The maximum absolute atomic E-state index is 5.83. The average Bonchev–Trinajstić information content (AvgIpc) is 4.12. The molecule has 2 aliphatic rings. The molecule has 2 aliphatic heterocycles. The van der Waals surface area contributed by atoms with Crippen LogP contribution in [0.2, 0.25) is 0 Å². The van der Waals surface area contributed by atoms with E-state index in [1.807, 2.05) is 76.2 Å². The van der Waals surface area contributed by atoms with Gasteiger partial charge in [0.2, 0.25) is 0 Å². The molecule has 9 rings (SSSR count). The first-order chi connectivity index (χ1) is 29.5. The normalized spacial score (nSPS) is 11.6. The Morgan fingerprint density at radius 2 is 0.541 bits per heavy atom. The van der Waals surface area contributed by atoms with Gasteiger partial charge in [-0.05, 0) is 145 Å². The Balaban J connectivity index is 0.00000514. The van der Waals surface area contributed by atoms with E-state index in [4.69, 9.17) is 38.9 Å². The molecule has 7 aromatic rings. The summed E-state index contributed by atoms with van der Waals surface area (Å²) in [5.41, 5.74) is 13.8. The van der Waals surface area contributed by atoms with Crippen LogP contribution in [-0.2, 0) is 20.4 Å². The van der Waals surface area contributed by atoms with Crippen LogP contribution in [0.1, 0.15) is 50.5 Å². The van der Waals surface area contributed by atoms with E-state index in [1.54, 1.807) is 0 Å². The molecule has 0 N–H and O–H groups in total. The van der Waals surface area contributed by atoms with Gasteiger partial charge in [-0.3, -0.25) is 0 Å². The Hall–Kier alpha value is -6.66. The number of nitrogens with zero attached hydrogens (tertiary/aromatic N) is 4. The SMILES string of the molecule is CCOc1ccc(-c2c3nc(c(-c4ccc(OCC)cc4)c4ccc([n-]4)c(-c4ccc(OCC)cc4)c4nc(c(-c5ccc(OCC)cc5)c5ccc2[n-]5)C=C4)C=C3)cc1.[Pd+2]. The van der Waals surface area contributed by atoms with Gasteiger partial charge in [-0.1, -0.05) is 72.8 Å². The molecule has 4 aromatic carbocycles. The fraction of sp³-hybridized carbons (Fsp3) is 0.154. The van der Waals surface area contributed by atoms with Crippen LogP contribution >= 0.6 is 0 Å². The summed E-state index contributed by atoms with van der Waals surface area (Å²) in [6.07, 6.45) is 8.30. The summed E-state index contributed by atoms with van der Waals surface area (Å²) in [4.78, 5) is 21.6. The Bertz CT molecular complexity index is 2510. The zero-order valence-electron chi connectivity index (χ0n) is 34.4. The first-order valence-corrected chi connectivity index (χ1v) is 20.5. The van der Waals surface area contributed by atoms with E-state index in [-0.39, 0.29) is 20.4 Å². The molecular weight excluding hydrogens is 851 g/mol. The van der Waals surface area contributed by atoms with Crippen molar-refractivity contribution >= 4 is 46.4 Å². The van der Waals surface area contributed by atoms with E-state index < -0.39 is 0 Å². The number of benzene rings is 4. The van der Waals surface area contributed by atoms with Crippen LogP contribution in [0.15, 0.2) is 121 Å². The topological polar surface area (TPSA) is 90.9 Å². The fourth-order valence-corrected chi connectivity index (χ4v) is 7.81. The first kappa shape index (κ1) is 41.1. The zero-order chi connectivity index (χ0) is 41.0. The summed E-state index contributed by atoms with van der Waals surface area (Å²) in [6, 6.07) is 40.9. The third-order valence-electron chi connectivity index (χ3n) is 10.4. The van der Waals surface area contributed by atoms with Crippen molar-refractivity contribution in [2.45, 2.75) is 27.7 Å². The molecule has 8 nitrogen and oxygen atoms in total. The second-order valence-corrected chi connectivity index (χ2v) is 14.2. The summed E-state index contributed by atoms with van der Waals surface area (Å²) in [5, 5.41) is 0. The molecule has 0 radical (unpaired) electrons. The van der Waals surface area contributed by atoms with Gasteiger partial charge < -0.3 is 28.9 Å².